The number of hydrogen-bond acceptors (Lipinski definition) is 3. The SMILES string of the molecule is Cc1ccccc1C(C)NC(C)c1sc(C(C)C)nc1C. The van der Waals surface area contributed by atoms with Crippen molar-refractivity contribution in [3.8, 4) is 0 Å². The van der Waals surface area contributed by atoms with Crippen molar-refractivity contribution in [3.05, 3.63) is 51.0 Å². The van der Waals surface area contributed by atoms with Crippen LogP contribution in [-0.2, 0) is 0 Å². The Morgan fingerprint density at radius 1 is 1.00 bits per heavy atom. The van der Waals surface area contributed by atoms with Crippen molar-refractivity contribution in [3.63, 3.8) is 0 Å². The lowest BCUT2D eigenvalue weighted by atomic mass is 10.0. The number of rotatable bonds is 5. The highest BCUT2D eigenvalue weighted by molar-refractivity contribution is 7.11. The number of nitrogens with one attached hydrogen (secondary N) is 1. The predicted octanol–water partition coefficient (Wildman–Crippen LogP) is 5.30. The average Bonchev–Trinajstić information content (AvgIpc) is 2.81. The zero-order valence-corrected chi connectivity index (χ0v) is 14.7. The summed E-state index contributed by atoms with van der Waals surface area (Å²) in [4.78, 5) is 6.07. The standard InChI is InChI=1S/C18H26N2S/c1-11(2)18-20-15(6)17(21-18)14(5)19-13(4)16-10-8-7-9-12(16)3/h7-11,13-14,19H,1-6H3. The van der Waals surface area contributed by atoms with E-state index >= 15 is 0 Å². The second-order valence-corrected chi connectivity index (χ2v) is 7.19. The number of thiazole rings is 1. The fraction of sp³-hybridized carbons (Fsp3) is 0.500. The van der Waals surface area contributed by atoms with E-state index in [-0.39, 0.29) is 0 Å². The molecule has 0 bridgehead atoms. The van der Waals surface area contributed by atoms with Crippen LogP contribution in [0, 0.1) is 13.8 Å². The second-order valence-electron chi connectivity index (χ2n) is 6.12. The molecule has 2 aromatic rings. The molecule has 2 rings (SSSR count). The van der Waals surface area contributed by atoms with Crippen LogP contribution in [-0.4, -0.2) is 4.98 Å². The van der Waals surface area contributed by atoms with E-state index in [0.29, 0.717) is 18.0 Å². The van der Waals surface area contributed by atoms with Crippen LogP contribution in [0.15, 0.2) is 24.3 Å². The van der Waals surface area contributed by atoms with Gasteiger partial charge < -0.3 is 5.32 Å². The van der Waals surface area contributed by atoms with Gasteiger partial charge in [-0.25, -0.2) is 4.98 Å². The molecule has 2 nitrogen and oxygen atoms in total. The first-order valence-electron chi connectivity index (χ1n) is 7.69. The minimum absolute atomic E-state index is 0.324. The van der Waals surface area contributed by atoms with Gasteiger partial charge in [0.05, 0.1) is 10.7 Å². The summed E-state index contributed by atoms with van der Waals surface area (Å²) in [7, 11) is 0. The van der Waals surface area contributed by atoms with E-state index in [4.69, 9.17) is 4.98 Å². The molecular weight excluding hydrogens is 276 g/mol. The molecule has 2 unspecified atom stereocenters. The van der Waals surface area contributed by atoms with Gasteiger partial charge >= 0.3 is 0 Å². The minimum Gasteiger partial charge on any atom is -0.303 e. The van der Waals surface area contributed by atoms with E-state index < -0.39 is 0 Å². The summed E-state index contributed by atoms with van der Waals surface area (Å²) in [6.07, 6.45) is 0. The monoisotopic (exact) mass is 302 g/mol. The third-order valence-corrected chi connectivity index (χ3v) is 5.53. The number of aromatic nitrogens is 1. The normalized spacial score (nSPS) is 14.4. The lowest BCUT2D eigenvalue weighted by Gasteiger charge is -2.21. The van der Waals surface area contributed by atoms with Crippen molar-refractivity contribution < 1.29 is 0 Å². The summed E-state index contributed by atoms with van der Waals surface area (Å²) >= 11 is 1.84. The third-order valence-electron chi connectivity index (χ3n) is 3.89. The molecular formula is C18H26N2S. The first kappa shape index (κ1) is 16.2. The van der Waals surface area contributed by atoms with Crippen LogP contribution in [0.25, 0.3) is 0 Å². The molecule has 0 radical (unpaired) electrons. The molecule has 0 aliphatic rings. The largest absolute Gasteiger partial charge is 0.303 e. The van der Waals surface area contributed by atoms with Crippen LogP contribution in [0.4, 0.5) is 0 Å². The van der Waals surface area contributed by atoms with Crippen LogP contribution in [0.1, 0.15) is 72.4 Å². The molecule has 0 saturated carbocycles. The van der Waals surface area contributed by atoms with Gasteiger partial charge in [0.1, 0.15) is 0 Å². The first-order chi connectivity index (χ1) is 9.90. The molecule has 21 heavy (non-hydrogen) atoms. The molecule has 0 saturated heterocycles. The van der Waals surface area contributed by atoms with E-state index in [2.05, 4.69) is 71.1 Å². The van der Waals surface area contributed by atoms with Crippen molar-refractivity contribution in [2.45, 2.75) is 59.5 Å². The molecule has 1 N–H and O–H groups in total. The van der Waals surface area contributed by atoms with Gasteiger partial charge in [0.2, 0.25) is 0 Å². The highest BCUT2D eigenvalue weighted by Crippen LogP contribution is 2.31. The van der Waals surface area contributed by atoms with Crippen molar-refractivity contribution in [1.82, 2.24) is 10.3 Å². The van der Waals surface area contributed by atoms with E-state index in [0.717, 1.165) is 0 Å². The number of benzene rings is 1. The van der Waals surface area contributed by atoms with E-state index in [1.54, 1.807) is 0 Å². The van der Waals surface area contributed by atoms with Crippen LogP contribution in [0.3, 0.4) is 0 Å². The second kappa shape index (κ2) is 6.71. The maximum atomic E-state index is 4.71. The summed E-state index contributed by atoms with van der Waals surface area (Å²) in [6, 6.07) is 9.25. The van der Waals surface area contributed by atoms with E-state index in [1.165, 1.54) is 26.7 Å². The zero-order chi connectivity index (χ0) is 15.6. The van der Waals surface area contributed by atoms with Crippen molar-refractivity contribution in [1.29, 1.82) is 0 Å². The smallest absolute Gasteiger partial charge is 0.0956 e. The van der Waals surface area contributed by atoms with Crippen molar-refractivity contribution in [2.24, 2.45) is 0 Å². The van der Waals surface area contributed by atoms with Crippen LogP contribution >= 0.6 is 11.3 Å². The van der Waals surface area contributed by atoms with Crippen molar-refractivity contribution >= 4 is 11.3 Å². The van der Waals surface area contributed by atoms with Gasteiger partial charge in [-0.1, -0.05) is 38.1 Å². The minimum atomic E-state index is 0.324. The molecule has 0 spiro atoms. The molecule has 0 aliphatic heterocycles. The highest BCUT2D eigenvalue weighted by Gasteiger charge is 2.18. The Morgan fingerprint density at radius 3 is 2.24 bits per heavy atom. The molecule has 114 valence electrons. The molecule has 2 atom stereocenters. The van der Waals surface area contributed by atoms with Gasteiger partial charge in [-0.15, -0.1) is 11.3 Å². The van der Waals surface area contributed by atoms with Gasteiger partial charge in [0, 0.05) is 22.9 Å². The quantitative estimate of drug-likeness (QED) is 0.811. The highest BCUT2D eigenvalue weighted by atomic mass is 32.1. The molecule has 1 heterocycles. The summed E-state index contributed by atoms with van der Waals surface area (Å²) in [5.41, 5.74) is 3.88. The molecule has 0 aliphatic carbocycles. The fourth-order valence-corrected chi connectivity index (χ4v) is 3.77. The summed E-state index contributed by atoms with van der Waals surface area (Å²) in [5.74, 6) is 0.503. The molecule has 3 heteroatoms. The van der Waals surface area contributed by atoms with Gasteiger partial charge in [-0.05, 0) is 38.8 Å². The van der Waals surface area contributed by atoms with Crippen molar-refractivity contribution in [2.75, 3.05) is 0 Å². The molecule has 1 aromatic carbocycles. The van der Waals surface area contributed by atoms with Gasteiger partial charge in [-0.3, -0.25) is 0 Å². The maximum absolute atomic E-state index is 4.71. The third kappa shape index (κ3) is 3.72. The van der Waals surface area contributed by atoms with E-state index in [9.17, 15) is 0 Å². The molecule has 0 amide bonds. The Hall–Kier alpha value is -1.19. The lowest BCUT2D eigenvalue weighted by molar-refractivity contribution is 0.496. The molecule has 1 aromatic heterocycles. The zero-order valence-electron chi connectivity index (χ0n) is 13.9. The Morgan fingerprint density at radius 2 is 1.67 bits per heavy atom. The topological polar surface area (TPSA) is 24.9 Å². The summed E-state index contributed by atoms with van der Waals surface area (Å²) < 4.78 is 0. The van der Waals surface area contributed by atoms with Gasteiger partial charge in [-0.2, -0.15) is 0 Å². The molecule has 0 fully saturated rings. The Balaban J connectivity index is 2.14. The lowest BCUT2D eigenvalue weighted by Crippen LogP contribution is -2.22. The maximum Gasteiger partial charge on any atom is 0.0956 e. The van der Waals surface area contributed by atoms with Gasteiger partial charge in [0.15, 0.2) is 0 Å². The summed E-state index contributed by atoms with van der Waals surface area (Å²) in [6.45, 7) is 13.2. The Kier molecular flexibility index (Phi) is 5.17. The van der Waals surface area contributed by atoms with Gasteiger partial charge in [0.25, 0.3) is 0 Å². The Labute approximate surface area is 132 Å². The van der Waals surface area contributed by atoms with Crippen LogP contribution in [0.5, 0.6) is 0 Å². The summed E-state index contributed by atoms with van der Waals surface area (Å²) in [5, 5.41) is 4.95. The Bertz CT molecular complexity index is 601. The van der Waals surface area contributed by atoms with Crippen LogP contribution in [0.2, 0.25) is 0 Å². The number of aryl methyl sites for hydroxylation is 2. The number of nitrogens with zero attached hydrogens (tertiary/aromatic N) is 1. The van der Waals surface area contributed by atoms with Crippen LogP contribution < -0.4 is 5.32 Å². The van der Waals surface area contributed by atoms with E-state index in [1.807, 2.05) is 11.3 Å². The first-order valence-corrected chi connectivity index (χ1v) is 8.50. The predicted molar refractivity (Wildman–Crippen MR) is 92.1 cm³/mol. The number of hydrogen-bond donors (Lipinski definition) is 1. The fourth-order valence-electron chi connectivity index (χ4n) is 2.69. The average molecular weight is 302 g/mol.